The number of pyridine rings is 1. The average Bonchev–Trinajstić information content (AvgIpc) is 2.29. The third-order valence-corrected chi connectivity index (χ3v) is 3.20. The van der Waals surface area contributed by atoms with Gasteiger partial charge in [0.05, 0.1) is 23.0 Å². The fourth-order valence-electron chi connectivity index (χ4n) is 2.18. The third kappa shape index (κ3) is 3.01. The molecular weight excluding hydrogens is 238 g/mol. The van der Waals surface area contributed by atoms with Crippen molar-refractivity contribution in [2.24, 2.45) is 0 Å². The number of aromatic nitrogens is 1. The Morgan fingerprint density at radius 2 is 2.47 bits per heavy atom. The fourth-order valence-corrected chi connectivity index (χ4v) is 2.47. The number of nitrogens with two attached hydrogens (primary N) is 1. The largest absolute Gasteiger partial charge is 0.397 e. The summed E-state index contributed by atoms with van der Waals surface area (Å²) < 4.78 is 5.66. The van der Waals surface area contributed by atoms with Gasteiger partial charge in [0.1, 0.15) is 5.82 Å². The van der Waals surface area contributed by atoms with Gasteiger partial charge in [0, 0.05) is 19.7 Å². The summed E-state index contributed by atoms with van der Waals surface area (Å²) in [7, 11) is 0. The molecular formula is C12H18ClN3O. The van der Waals surface area contributed by atoms with Crippen LogP contribution in [0.1, 0.15) is 19.8 Å². The number of ether oxygens (including phenoxy) is 1. The first-order chi connectivity index (χ1) is 8.20. The number of nitrogen functional groups attached to an aromatic ring is 1. The van der Waals surface area contributed by atoms with E-state index in [1.165, 1.54) is 0 Å². The molecule has 4 nitrogen and oxygen atoms in total. The second-order valence-corrected chi connectivity index (χ2v) is 4.65. The summed E-state index contributed by atoms with van der Waals surface area (Å²) >= 11 is 6.16. The van der Waals surface area contributed by atoms with Crippen molar-refractivity contribution < 1.29 is 4.74 Å². The van der Waals surface area contributed by atoms with Crippen LogP contribution in [-0.4, -0.2) is 30.8 Å². The van der Waals surface area contributed by atoms with Crippen molar-refractivity contribution in [3.05, 3.63) is 17.3 Å². The van der Waals surface area contributed by atoms with Gasteiger partial charge in [-0.05, 0) is 25.8 Å². The molecule has 1 fully saturated rings. The Morgan fingerprint density at radius 3 is 3.18 bits per heavy atom. The minimum atomic E-state index is 0.282. The highest BCUT2D eigenvalue weighted by atomic mass is 35.5. The monoisotopic (exact) mass is 255 g/mol. The number of hydrogen-bond acceptors (Lipinski definition) is 4. The summed E-state index contributed by atoms with van der Waals surface area (Å²) in [5.41, 5.74) is 6.24. The molecule has 1 aliphatic heterocycles. The number of halogens is 1. The summed E-state index contributed by atoms with van der Waals surface area (Å²) in [5.74, 6) is 0.810. The lowest BCUT2D eigenvalue weighted by Gasteiger charge is -2.33. The van der Waals surface area contributed by atoms with Crippen LogP contribution in [0.25, 0.3) is 0 Å². The second-order valence-electron chi connectivity index (χ2n) is 4.24. The standard InChI is InChI=1S/C12H18ClN3O/c1-2-17-10-4-3-5-16(8-10)12-11(13)6-9(14)7-15-12/h6-7,10H,2-5,8,14H2,1H3. The highest BCUT2D eigenvalue weighted by Crippen LogP contribution is 2.27. The molecule has 1 atom stereocenters. The molecule has 2 heterocycles. The van der Waals surface area contributed by atoms with Gasteiger partial charge in [0.25, 0.3) is 0 Å². The summed E-state index contributed by atoms with van der Waals surface area (Å²) in [5, 5.41) is 0.613. The van der Waals surface area contributed by atoms with Crippen LogP contribution in [0.3, 0.4) is 0 Å². The van der Waals surface area contributed by atoms with Gasteiger partial charge in [0.15, 0.2) is 0 Å². The molecule has 0 spiro atoms. The molecule has 2 N–H and O–H groups in total. The van der Waals surface area contributed by atoms with Crippen molar-refractivity contribution in [1.82, 2.24) is 4.98 Å². The summed E-state index contributed by atoms with van der Waals surface area (Å²) in [6.45, 7) is 4.60. The third-order valence-electron chi connectivity index (χ3n) is 2.92. The number of rotatable bonds is 3. The molecule has 0 aliphatic carbocycles. The lowest BCUT2D eigenvalue weighted by Crippen LogP contribution is -2.40. The molecule has 1 aromatic heterocycles. The molecule has 1 aromatic rings. The first-order valence-corrected chi connectivity index (χ1v) is 6.36. The smallest absolute Gasteiger partial charge is 0.147 e. The van der Waals surface area contributed by atoms with Crippen molar-refractivity contribution in [1.29, 1.82) is 0 Å². The minimum Gasteiger partial charge on any atom is -0.397 e. The zero-order valence-electron chi connectivity index (χ0n) is 10.0. The maximum absolute atomic E-state index is 6.16. The zero-order valence-corrected chi connectivity index (χ0v) is 10.8. The van der Waals surface area contributed by atoms with Crippen molar-refractivity contribution in [3.8, 4) is 0 Å². The minimum absolute atomic E-state index is 0.282. The molecule has 0 saturated carbocycles. The normalized spacial score (nSPS) is 20.6. The van der Waals surface area contributed by atoms with E-state index in [1.807, 2.05) is 6.92 Å². The van der Waals surface area contributed by atoms with Gasteiger partial charge < -0.3 is 15.4 Å². The molecule has 0 amide bonds. The van der Waals surface area contributed by atoms with Crippen molar-refractivity contribution in [2.75, 3.05) is 30.3 Å². The van der Waals surface area contributed by atoms with Crippen LogP contribution in [0.2, 0.25) is 5.02 Å². The van der Waals surface area contributed by atoms with Crippen molar-refractivity contribution >= 4 is 23.1 Å². The second kappa shape index (κ2) is 5.56. The van der Waals surface area contributed by atoms with Crippen LogP contribution in [0.15, 0.2) is 12.3 Å². The Morgan fingerprint density at radius 1 is 1.65 bits per heavy atom. The number of nitrogens with zero attached hydrogens (tertiary/aromatic N) is 2. The van der Waals surface area contributed by atoms with Crippen LogP contribution in [0.5, 0.6) is 0 Å². The first kappa shape index (κ1) is 12.5. The van der Waals surface area contributed by atoms with E-state index in [1.54, 1.807) is 12.3 Å². The van der Waals surface area contributed by atoms with E-state index in [0.717, 1.165) is 38.4 Å². The SMILES string of the molecule is CCOC1CCCN(c2ncc(N)cc2Cl)C1. The lowest BCUT2D eigenvalue weighted by molar-refractivity contribution is 0.0525. The number of piperidine rings is 1. The molecule has 2 rings (SSSR count). The first-order valence-electron chi connectivity index (χ1n) is 5.98. The van der Waals surface area contributed by atoms with Crippen molar-refractivity contribution in [2.45, 2.75) is 25.9 Å². The maximum atomic E-state index is 6.16. The van der Waals surface area contributed by atoms with Gasteiger partial charge in [-0.15, -0.1) is 0 Å². The van der Waals surface area contributed by atoms with E-state index < -0.39 is 0 Å². The molecule has 17 heavy (non-hydrogen) atoms. The van der Waals surface area contributed by atoms with Gasteiger partial charge >= 0.3 is 0 Å². The van der Waals surface area contributed by atoms with Gasteiger partial charge in [-0.1, -0.05) is 11.6 Å². The average molecular weight is 256 g/mol. The fraction of sp³-hybridized carbons (Fsp3) is 0.583. The predicted octanol–water partition coefficient (Wildman–Crippen LogP) is 2.32. The molecule has 1 aliphatic rings. The Labute approximate surface area is 107 Å². The van der Waals surface area contributed by atoms with Gasteiger partial charge in [0.2, 0.25) is 0 Å². The Hall–Kier alpha value is -1.00. The van der Waals surface area contributed by atoms with Gasteiger partial charge in [-0.25, -0.2) is 4.98 Å². The van der Waals surface area contributed by atoms with Crippen LogP contribution in [-0.2, 0) is 4.74 Å². The topological polar surface area (TPSA) is 51.4 Å². The van der Waals surface area contributed by atoms with E-state index in [0.29, 0.717) is 10.7 Å². The molecule has 1 saturated heterocycles. The van der Waals surface area contributed by atoms with Crippen LogP contribution in [0.4, 0.5) is 11.5 Å². The number of hydrogen-bond donors (Lipinski definition) is 1. The van der Waals surface area contributed by atoms with E-state index >= 15 is 0 Å². The Balaban J connectivity index is 2.10. The molecule has 0 radical (unpaired) electrons. The Bertz CT molecular complexity index is 384. The molecule has 0 bridgehead atoms. The van der Waals surface area contributed by atoms with E-state index in [4.69, 9.17) is 22.1 Å². The van der Waals surface area contributed by atoms with Gasteiger partial charge in [-0.3, -0.25) is 0 Å². The summed E-state index contributed by atoms with van der Waals surface area (Å²) in [4.78, 5) is 6.48. The summed E-state index contributed by atoms with van der Waals surface area (Å²) in [6.07, 6.45) is 4.14. The van der Waals surface area contributed by atoms with E-state index in [-0.39, 0.29) is 6.10 Å². The highest BCUT2D eigenvalue weighted by Gasteiger charge is 2.22. The molecule has 1 unspecified atom stereocenters. The molecule has 94 valence electrons. The van der Waals surface area contributed by atoms with Crippen LogP contribution >= 0.6 is 11.6 Å². The molecule has 0 aromatic carbocycles. The van der Waals surface area contributed by atoms with Crippen LogP contribution in [0, 0.1) is 0 Å². The molecule has 5 heteroatoms. The quantitative estimate of drug-likeness (QED) is 0.901. The lowest BCUT2D eigenvalue weighted by atomic mass is 10.1. The van der Waals surface area contributed by atoms with E-state index in [2.05, 4.69) is 9.88 Å². The van der Waals surface area contributed by atoms with Crippen LogP contribution < -0.4 is 10.6 Å². The maximum Gasteiger partial charge on any atom is 0.147 e. The Kier molecular flexibility index (Phi) is 4.07. The number of anilines is 2. The van der Waals surface area contributed by atoms with E-state index in [9.17, 15) is 0 Å². The predicted molar refractivity (Wildman–Crippen MR) is 70.5 cm³/mol. The highest BCUT2D eigenvalue weighted by molar-refractivity contribution is 6.33. The van der Waals surface area contributed by atoms with Crippen molar-refractivity contribution in [3.63, 3.8) is 0 Å². The van der Waals surface area contributed by atoms with Gasteiger partial charge in [-0.2, -0.15) is 0 Å². The summed E-state index contributed by atoms with van der Waals surface area (Å²) in [6, 6.07) is 1.74. The zero-order chi connectivity index (χ0) is 12.3.